The first-order valence-corrected chi connectivity index (χ1v) is 5.81. The number of benzene rings is 1. The number of hydrogen-bond acceptors (Lipinski definition) is 3. The van der Waals surface area contributed by atoms with E-state index in [1.165, 1.54) is 0 Å². The number of rotatable bonds is 3. The average Bonchev–Trinajstić information content (AvgIpc) is 2.21. The van der Waals surface area contributed by atoms with Gasteiger partial charge in [-0.1, -0.05) is 31.9 Å². The number of carbonyl (C=O) groups is 2. The van der Waals surface area contributed by atoms with Crippen molar-refractivity contribution in [3.63, 3.8) is 0 Å². The lowest BCUT2D eigenvalue weighted by molar-refractivity contribution is -0.137. The van der Waals surface area contributed by atoms with Gasteiger partial charge in [0.2, 0.25) is 0 Å². The lowest BCUT2D eigenvalue weighted by atomic mass is 10.1. The van der Waals surface area contributed by atoms with Crippen LogP contribution in [0, 0.1) is 0 Å². The van der Waals surface area contributed by atoms with Crippen molar-refractivity contribution in [2.24, 2.45) is 0 Å². The molecule has 0 bridgehead atoms. The van der Waals surface area contributed by atoms with Crippen molar-refractivity contribution in [3.8, 4) is 0 Å². The maximum Gasteiger partial charge on any atom is 0.379 e. The van der Waals surface area contributed by atoms with E-state index in [0.29, 0.717) is 10.0 Å². The van der Waals surface area contributed by atoms with Crippen LogP contribution in [0.4, 0.5) is 0 Å². The molecule has 0 radical (unpaired) electrons. The van der Waals surface area contributed by atoms with E-state index in [9.17, 15) is 9.59 Å². The Morgan fingerprint density at radius 1 is 1.33 bits per heavy atom. The Hall–Kier alpha value is -0.680. The first kappa shape index (κ1) is 12.4. The predicted octanol–water partition coefficient (Wildman–Crippen LogP) is 2.96. The third-order valence-electron chi connectivity index (χ3n) is 1.63. The van der Waals surface area contributed by atoms with Gasteiger partial charge in [0.1, 0.15) is 0 Å². The topological polar surface area (TPSA) is 43.4 Å². The standard InChI is InChI=1S/C10H8Br2O3/c1-2-15-10(14)9(13)7-5-6(11)3-4-8(7)12/h3-5H,2H2,1H3. The van der Waals surface area contributed by atoms with E-state index >= 15 is 0 Å². The van der Waals surface area contributed by atoms with Crippen LogP contribution >= 0.6 is 31.9 Å². The molecule has 0 unspecified atom stereocenters. The van der Waals surface area contributed by atoms with Crippen LogP contribution in [0.25, 0.3) is 0 Å². The van der Waals surface area contributed by atoms with E-state index in [-0.39, 0.29) is 6.61 Å². The number of halogens is 2. The van der Waals surface area contributed by atoms with Gasteiger partial charge < -0.3 is 4.74 Å². The fourth-order valence-corrected chi connectivity index (χ4v) is 1.77. The van der Waals surface area contributed by atoms with Gasteiger partial charge in [-0.2, -0.15) is 0 Å². The molecule has 0 aromatic heterocycles. The van der Waals surface area contributed by atoms with Crippen LogP contribution in [-0.2, 0) is 9.53 Å². The summed E-state index contributed by atoms with van der Waals surface area (Å²) >= 11 is 6.43. The van der Waals surface area contributed by atoms with Crippen LogP contribution in [0.1, 0.15) is 17.3 Å². The van der Waals surface area contributed by atoms with Crippen molar-refractivity contribution in [1.29, 1.82) is 0 Å². The van der Waals surface area contributed by atoms with Crippen molar-refractivity contribution < 1.29 is 14.3 Å². The van der Waals surface area contributed by atoms with Crippen LogP contribution < -0.4 is 0 Å². The first-order chi connectivity index (χ1) is 7.06. The minimum Gasteiger partial charge on any atom is -0.460 e. The second-order valence-corrected chi connectivity index (χ2v) is 4.44. The summed E-state index contributed by atoms with van der Waals surface area (Å²) < 4.78 is 5.94. The fourth-order valence-electron chi connectivity index (χ4n) is 0.978. The summed E-state index contributed by atoms with van der Waals surface area (Å²) in [6, 6.07) is 5.03. The minimum absolute atomic E-state index is 0.191. The van der Waals surface area contributed by atoms with E-state index in [4.69, 9.17) is 0 Å². The molecule has 1 rings (SSSR count). The molecule has 1 aromatic rings. The van der Waals surface area contributed by atoms with Crippen LogP contribution in [-0.4, -0.2) is 18.4 Å². The molecule has 0 atom stereocenters. The van der Waals surface area contributed by atoms with Gasteiger partial charge in [-0.15, -0.1) is 0 Å². The molecule has 0 amide bonds. The maximum absolute atomic E-state index is 11.6. The maximum atomic E-state index is 11.6. The molecular weight excluding hydrogens is 328 g/mol. The third kappa shape index (κ3) is 3.14. The van der Waals surface area contributed by atoms with Crippen molar-refractivity contribution in [1.82, 2.24) is 0 Å². The van der Waals surface area contributed by atoms with E-state index in [1.807, 2.05) is 0 Å². The first-order valence-electron chi connectivity index (χ1n) is 4.22. The van der Waals surface area contributed by atoms with Gasteiger partial charge in [-0.25, -0.2) is 4.79 Å². The Labute approximate surface area is 104 Å². The molecule has 3 nitrogen and oxygen atoms in total. The zero-order valence-electron chi connectivity index (χ0n) is 7.92. The van der Waals surface area contributed by atoms with Gasteiger partial charge in [0.25, 0.3) is 5.78 Å². The SMILES string of the molecule is CCOC(=O)C(=O)c1cc(Br)ccc1Br. The van der Waals surface area contributed by atoms with E-state index in [0.717, 1.165) is 4.47 Å². The molecule has 80 valence electrons. The minimum atomic E-state index is -0.837. The summed E-state index contributed by atoms with van der Waals surface area (Å²) in [6.07, 6.45) is 0. The molecule has 0 aliphatic carbocycles. The van der Waals surface area contributed by atoms with Gasteiger partial charge in [0, 0.05) is 14.5 Å². The molecule has 5 heteroatoms. The Kier molecular flexibility index (Phi) is 4.47. The summed E-state index contributed by atoms with van der Waals surface area (Å²) in [5.74, 6) is -1.48. The summed E-state index contributed by atoms with van der Waals surface area (Å²) in [5, 5.41) is 0. The molecule has 0 heterocycles. The number of ketones is 1. The Bertz CT molecular complexity index is 402. The molecule has 0 aliphatic heterocycles. The monoisotopic (exact) mass is 334 g/mol. The van der Waals surface area contributed by atoms with Crippen LogP contribution in [0.3, 0.4) is 0 Å². The highest BCUT2D eigenvalue weighted by molar-refractivity contribution is 9.11. The van der Waals surface area contributed by atoms with Crippen LogP contribution in [0.15, 0.2) is 27.1 Å². The fraction of sp³-hybridized carbons (Fsp3) is 0.200. The smallest absolute Gasteiger partial charge is 0.379 e. The third-order valence-corrected chi connectivity index (χ3v) is 2.82. The lowest BCUT2D eigenvalue weighted by Crippen LogP contribution is -2.17. The zero-order valence-corrected chi connectivity index (χ0v) is 11.1. The Balaban J connectivity index is 3.00. The van der Waals surface area contributed by atoms with E-state index in [1.54, 1.807) is 25.1 Å². The van der Waals surface area contributed by atoms with Crippen molar-refractivity contribution in [3.05, 3.63) is 32.7 Å². The van der Waals surface area contributed by atoms with E-state index < -0.39 is 11.8 Å². The summed E-state index contributed by atoms with van der Waals surface area (Å²) in [4.78, 5) is 22.8. The second-order valence-electron chi connectivity index (χ2n) is 2.67. The average molecular weight is 336 g/mol. The Morgan fingerprint density at radius 2 is 2.00 bits per heavy atom. The summed E-state index contributed by atoms with van der Waals surface area (Å²) in [5.41, 5.74) is 0.294. The zero-order chi connectivity index (χ0) is 11.4. The molecule has 15 heavy (non-hydrogen) atoms. The quantitative estimate of drug-likeness (QED) is 0.484. The highest BCUT2D eigenvalue weighted by atomic mass is 79.9. The van der Waals surface area contributed by atoms with Crippen molar-refractivity contribution >= 4 is 43.6 Å². The molecule has 1 aromatic carbocycles. The van der Waals surface area contributed by atoms with Crippen molar-refractivity contribution in [2.75, 3.05) is 6.61 Å². The number of hydrogen-bond donors (Lipinski definition) is 0. The Morgan fingerprint density at radius 3 is 2.60 bits per heavy atom. The van der Waals surface area contributed by atoms with Gasteiger partial charge in [0.05, 0.1) is 6.61 Å². The molecule has 0 N–H and O–H groups in total. The highest BCUT2D eigenvalue weighted by Gasteiger charge is 2.20. The summed E-state index contributed by atoms with van der Waals surface area (Å²) in [7, 11) is 0. The molecule has 0 spiro atoms. The van der Waals surface area contributed by atoms with Crippen LogP contribution in [0.2, 0.25) is 0 Å². The van der Waals surface area contributed by atoms with E-state index in [2.05, 4.69) is 36.6 Å². The number of Topliss-reactive ketones (excluding diaryl/α,β-unsaturated/α-hetero) is 1. The summed E-state index contributed by atoms with van der Waals surface area (Å²) in [6.45, 7) is 1.84. The number of ether oxygens (including phenoxy) is 1. The number of carbonyl (C=O) groups excluding carboxylic acids is 2. The van der Waals surface area contributed by atoms with Crippen molar-refractivity contribution in [2.45, 2.75) is 6.92 Å². The molecular formula is C10H8Br2O3. The molecule has 0 fully saturated rings. The highest BCUT2D eigenvalue weighted by Crippen LogP contribution is 2.22. The normalized spacial score (nSPS) is 9.80. The largest absolute Gasteiger partial charge is 0.460 e. The predicted molar refractivity (Wildman–Crippen MR) is 62.8 cm³/mol. The molecule has 0 saturated heterocycles. The van der Waals surface area contributed by atoms with Gasteiger partial charge in [0.15, 0.2) is 0 Å². The number of esters is 1. The molecule has 0 saturated carbocycles. The van der Waals surface area contributed by atoms with Crippen LogP contribution in [0.5, 0.6) is 0 Å². The van der Waals surface area contributed by atoms with Gasteiger partial charge in [-0.3, -0.25) is 4.79 Å². The second kappa shape index (κ2) is 5.42. The van der Waals surface area contributed by atoms with Gasteiger partial charge >= 0.3 is 5.97 Å². The molecule has 0 aliphatic rings. The van der Waals surface area contributed by atoms with Gasteiger partial charge in [-0.05, 0) is 25.1 Å². The lowest BCUT2D eigenvalue weighted by Gasteiger charge is -2.03.